The Bertz CT molecular complexity index is 1650. The molecule has 0 aliphatic carbocycles. The van der Waals surface area contributed by atoms with Gasteiger partial charge in [-0.2, -0.15) is 0 Å². The van der Waals surface area contributed by atoms with E-state index in [1.54, 1.807) is 0 Å². The van der Waals surface area contributed by atoms with Crippen LogP contribution in [-0.4, -0.2) is 96.7 Å². The van der Waals surface area contributed by atoms with Crippen LogP contribution in [0, 0.1) is 11.8 Å². The van der Waals surface area contributed by atoms with Gasteiger partial charge in [-0.15, -0.1) is 0 Å². The second-order valence-corrected chi connectivity index (χ2v) is 27.4. The highest BCUT2D eigenvalue weighted by Gasteiger charge is 2.30. The Kier molecular flexibility index (Phi) is 56.2. The Morgan fingerprint density at radius 2 is 0.548 bits per heavy atom. The van der Waals surface area contributed by atoms with Crippen LogP contribution in [-0.2, 0) is 65.4 Å². The van der Waals surface area contributed by atoms with Crippen LogP contribution >= 0.6 is 15.6 Å². The molecule has 498 valence electrons. The fraction of sp³-hybridized carbons (Fsp3) is 0.938. The maximum atomic E-state index is 13.0. The van der Waals surface area contributed by atoms with E-state index >= 15 is 0 Å². The zero-order valence-corrected chi connectivity index (χ0v) is 56.0. The van der Waals surface area contributed by atoms with E-state index in [4.69, 9.17) is 37.0 Å². The van der Waals surface area contributed by atoms with E-state index in [0.717, 1.165) is 109 Å². The molecule has 0 aromatic rings. The Morgan fingerprint density at radius 3 is 0.810 bits per heavy atom. The van der Waals surface area contributed by atoms with Crippen molar-refractivity contribution in [2.24, 2.45) is 11.8 Å². The monoisotopic (exact) mass is 1240 g/mol. The molecule has 0 rings (SSSR count). The summed E-state index contributed by atoms with van der Waals surface area (Å²) in [5.74, 6) is -0.745. The molecule has 0 aromatic heterocycles. The van der Waals surface area contributed by atoms with Crippen LogP contribution in [0.2, 0.25) is 0 Å². The van der Waals surface area contributed by atoms with Crippen LogP contribution in [0.1, 0.15) is 324 Å². The number of phosphoric ester groups is 2. The van der Waals surface area contributed by atoms with Gasteiger partial charge in [0.2, 0.25) is 0 Å². The molecule has 5 atom stereocenters. The Morgan fingerprint density at radius 1 is 0.321 bits per heavy atom. The molecule has 0 fully saturated rings. The van der Waals surface area contributed by atoms with Crippen LogP contribution in [0.4, 0.5) is 0 Å². The van der Waals surface area contributed by atoms with Gasteiger partial charge in [-0.3, -0.25) is 37.3 Å². The lowest BCUT2D eigenvalue weighted by Crippen LogP contribution is -2.30. The molecule has 19 heteroatoms. The van der Waals surface area contributed by atoms with Gasteiger partial charge in [-0.1, -0.05) is 273 Å². The maximum Gasteiger partial charge on any atom is 0.472 e. The highest BCUT2D eigenvalue weighted by atomic mass is 31.2. The third-order valence-corrected chi connectivity index (χ3v) is 16.9. The molecular weight excluding hydrogens is 1110 g/mol. The van der Waals surface area contributed by atoms with Crippen molar-refractivity contribution in [1.82, 2.24) is 0 Å². The van der Waals surface area contributed by atoms with E-state index < -0.39 is 97.5 Å². The summed E-state index contributed by atoms with van der Waals surface area (Å²) < 4.78 is 67.9. The predicted octanol–water partition coefficient (Wildman–Crippen LogP) is 18.0. The molecule has 0 aliphatic heterocycles. The fourth-order valence-electron chi connectivity index (χ4n) is 9.71. The SMILES string of the molecule is CCCCCCCCCCCCCCCCCCCC(=O)O[C@H](COC(=O)CCCCCCCCCCC(C)C)COP(=O)(O)OC[C@@H](O)COP(=O)(O)OC[C@@H](COC(=O)CCCCCCCCC)OC(=O)CCCCCCCCC(C)C. The van der Waals surface area contributed by atoms with E-state index in [1.807, 2.05) is 0 Å². The highest BCUT2D eigenvalue weighted by molar-refractivity contribution is 7.47. The average molecular weight is 1240 g/mol. The molecule has 0 radical (unpaired) electrons. The zero-order valence-electron chi connectivity index (χ0n) is 54.2. The summed E-state index contributed by atoms with van der Waals surface area (Å²) in [6.45, 7) is 9.34. The number of rotatable bonds is 64. The maximum absolute atomic E-state index is 13.0. The summed E-state index contributed by atoms with van der Waals surface area (Å²) in [7, 11) is -9.88. The van der Waals surface area contributed by atoms with Crippen molar-refractivity contribution in [2.75, 3.05) is 39.6 Å². The normalized spacial score (nSPS) is 14.3. The van der Waals surface area contributed by atoms with Gasteiger partial charge in [0.05, 0.1) is 26.4 Å². The number of hydrogen-bond acceptors (Lipinski definition) is 15. The topological polar surface area (TPSA) is 237 Å². The van der Waals surface area contributed by atoms with Gasteiger partial charge in [0.1, 0.15) is 19.3 Å². The van der Waals surface area contributed by atoms with E-state index in [1.165, 1.54) is 128 Å². The molecule has 0 heterocycles. The molecule has 2 unspecified atom stereocenters. The molecule has 17 nitrogen and oxygen atoms in total. The van der Waals surface area contributed by atoms with Crippen molar-refractivity contribution in [1.29, 1.82) is 0 Å². The summed E-state index contributed by atoms with van der Waals surface area (Å²) >= 11 is 0. The molecule has 0 amide bonds. The molecular formula is C65H126O17P2. The zero-order chi connectivity index (χ0) is 62.2. The summed E-state index contributed by atoms with van der Waals surface area (Å²) in [4.78, 5) is 72.1. The van der Waals surface area contributed by atoms with Crippen LogP contribution < -0.4 is 0 Å². The molecule has 0 spiro atoms. The number of esters is 4. The summed E-state index contributed by atoms with van der Waals surface area (Å²) in [6.07, 6.45) is 40.7. The van der Waals surface area contributed by atoms with Crippen LogP contribution in [0.5, 0.6) is 0 Å². The number of phosphoric acid groups is 2. The predicted molar refractivity (Wildman–Crippen MR) is 335 cm³/mol. The van der Waals surface area contributed by atoms with Crippen molar-refractivity contribution in [2.45, 2.75) is 342 Å². The molecule has 0 aliphatic rings. The number of ether oxygens (including phenoxy) is 4. The van der Waals surface area contributed by atoms with Gasteiger partial charge in [0.25, 0.3) is 0 Å². The lowest BCUT2D eigenvalue weighted by Gasteiger charge is -2.21. The first-order chi connectivity index (χ1) is 40.4. The van der Waals surface area contributed by atoms with E-state index in [2.05, 4.69) is 41.5 Å². The second kappa shape index (κ2) is 57.5. The number of hydrogen-bond donors (Lipinski definition) is 3. The van der Waals surface area contributed by atoms with Crippen molar-refractivity contribution < 1.29 is 80.2 Å². The minimum atomic E-state index is -4.95. The minimum absolute atomic E-state index is 0.102. The summed E-state index contributed by atoms with van der Waals surface area (Å²) in [5, 5.41) is 10.5. The van der Waals surface area contributed by atoms with Gasteiger partial charge in [0, 0.05) is 25.7 Å². The molecule has 0 aromatic carbocycles. The van der Waals surface area contributed by atoms with Gasteiger partial charge in [-0.25, -0.2) is 9.13 Å². The minimum Gasteiger partial charge on any atom is -0.462 e. The number of carbonyl (C=O) groups is 4. The first-order valence-corrected chi connectivity index (χ1v) is 37.0. The summed E-state index contributed by atoms with van der Waals surface area (Å²) in [6, 6.07) is 0. The first kappa shape index (κ1) is 82.1. The highest BCUT2D eigenvalue weighted by Crippen LogP contribution is 2.45. The summed E-state index contributed by atoms with van der Waals surface area (Å²) in [5.41, 5.74) is 0. The molecule has 3 N–H and O–H groups in total. The lowest BCUT2D eigenvalue weighted by molar-refractivity contribution is -0.161. The Labute approximate surface area is 511 Å². The van der Waals surface area contributed by atoms with E-state index in [-0.39, 0.29) is 25.7 Å². The average Bonchev–Trinajstić information content (AvgIpc) is 3.46. The third kappa shape index (κ3) is 59.0. The van der Waals surface area contributed by atoms with Gasteiger partial charge in [-0.05, 0) is 37.5 Å². The van der Waals surface area contributed by atoms with Crippen molar-refractivity contribution >= 4 is 39.5 Å². The Balaban J connectivity index is 5.18. The largest absolute Gasteiger partial charge is 0.472 e. The number of unbranched alkanes of at least 4 members (excludes halogenated alkanes) is 34. The van der Waals surface area contributed by atoms with Crippen molar-refractivity contribution in [3.63, 3.8) is 0 Å². The number of aliphatic hydroxyl groups excluding tert-OH is 1. The van der Waals surface area contributed by atoms with Gasteiger partial charge >= 0.3 is 39.5 Å². The molecule has 0 saturated heterocycles. The standard InChI is InChI=1S/C65H126O17P2/c1-7-9-11-13-15-16-17-18-19-20-21-22-23-24-30-37-43-49-64(69)81-60(54-76-63(68)48-42-36-29-26-25-28-33-39-45-57(3)4)55-79-83(71,72)77-51-59(66)52-78-84(73,74)80-56-61(53-75-62(67)47-41-35-27-14-12-10-8-2)82-65(70)50-44-38-32-31-34-40-46-58(5)6/h57-61,66H,7-56H2,1-6H3,(H,71,72)(H,73,74)/t59-,60-,61-/m1/s1. The van der Waals surface area contributed by atoms with Gasteiger partial charge < -0.3 is 33.8 Å². The number of carbonyl (C=O) groups excluding carboxylic acids is 4. The number of aliphatic hydroxyl groups is 1. The first-order valence-electron chi connectivity index (χ1n) is 34.0. The van der Waals surface area contributed by atoms with Crippen LogP contribution in [0.15, 0.2) is 0 Å². The smallest absolute Gasteiger partial charge is 0.462 e. The van der Waals surface area contributed by atoms with E-state index in [9.17, 15) is 43.2 Å². The third-order valence-electron chi connectivity index (χ3n) is 15.0. The second-order valence-electron chi connectivity index (χ2n) is 24.5. The van der Waals surface area contributed by atoms with Crippen molar-refractivity contribution in [3.05, 3.63) is 0 Å². The van der Waals surface area contributed by atoms with Crippen LogP contribution in [0.3, 0.4) is 0 Å². The fourth-order valence-corrected chi connectivity index (χ4v) is 11.3. The van der Waals surface area contributed by atoms with E-state index in [0.29, 0.717) is 31.6 Å². The molecule has 84 heavy (non-hydrogen) atoms. The Hall–Kier alpha value is -1.94. The quantitative estimate of drug-likeness (QED) is 0.0222. The van der Waals surface area contributed by atoms with Crippen molar-refractivity contribution in [3.8, 4) is 0 Å². The van der Waals surface area contributed by atoms with Crippen LogP contribution in [0.25, 0.3) is 0 Å². The molecule has 0 bridgehead atoms. The van der Waals surface area contributed by atoms with Gasteiger partial charge in [0.15, 0.2) is 12.2 Å². The lowest BCUT2D eigenvalue weighted by atomic mass is 10.0. The molecule has 0 saturated carbocycles.